The maximum atomic E-state index is 11.8. The van der Waals surface area contributed by atoms with Crippen LogP contribution in [0.3, 0.4) is 0 Å². The number of aromatic nitrogens is 2. The van der Waals surface area contributed by atoms with Crippen LogP contribution < -0.4 is 16.4 Å². The number of rotatable bonds is 8. The number of likely N-dealkylation sites (tertiary alicyclic amines) is 1. The van der Waals surface area contributed by atoms with E-state index in [1.807, 2.05) is 0 Å². The van der Waals surface area contributed by atoms with E-state index in [1.54, 1.807) is 18.9 Å². The predicted octanol–water partition coefficient (Wildman–Crippen LogP) is 1.62. The van der Waals surface area contributed by atoms with Gasteiger partial charge in [-0.05, 0) is 44.4 Å². The van der Waals surface area contributed by atoms with Crippen molar-refractivity contribution in [1.29, 1.82) is 0 Å². The molecule has 0 bridgehead atoms. The quantitative estimate of drug-likeness (QED) is 0.601. The third-order valence-electron chi connectivity index (χ3n) is 5.94. The predicted molar refractivity (Wildman–Crippen MR) is 111 cm³/mol. The fourth-order valence-electron chi connectivity index (χ4n) is 4.16. The van der Waals surface area contributed by atoms with E-state index in [-0.39, 0.29) is 17.5 Å². The Kier molecular flexibility index (Phi) is 7.24. The minimum absolute atomic E-state index is 0.0379. The Morgan fingerprint density at radius 3 is 2.59 bits per heavy atom. The summed E-state index contributed by atoms with van der Waals surface area (Å²) in [5, 5.41) is 6.69. The van der Waals surface area contributed by atoms with Gasteiger partial charge in [0.1, 0.15) is 5.82 Å². The maximum absolute atomic E-state index is 11.8. The zero-order valence-electron chi connectivity index (χ0n) is 17.3. The number of methoxy groups -OCH3 is 1. The third kappa shape index (κ3) is 5.79. The summed E-state index contributed by atoms with van der Waals surface area (Å²) >= 11 is 0. The molecule has 2 fully saturated rings. The van der Waals surface area contributed by atoms with Crippen LogP contribution in [0.25, 0.3) is 0 Å². The van der Waals surface area contributed by atoms with Gasteiger partial charge in [-0.3, -0.25) is 9.59 Å². The van der Waals surface area contributed by atoms with Crippen LogP contribution >= 0.6 is 0 Å². The van der Waals surface area contributed by atoms with E-state index >= 15 is 0 Å². The molecule has 1 saturated carbocycles. The number of nitrogens with one attached hydrogen (secondary N) is 2. The van der Waals surface area contributed by atoms with E-state index in [1.165, 1.54) is 6.20 Å². The highest BCUT2D eigenvalue weighted by Gasteiger charge is 2.26. The lowest BCUT2D eigenvalue weighted by molar-refractivity contribution is -0.127. The van der Waals surface area contributed by atoms with E-state index in [0.29, 0.717) is 30.9 Å². The summed E-state index contributed by atoms with van der Waals surface area (Å²) < 4.78 is 5.18. The number of carbonyl (C=O) groups excluding carboxylic acids is 2. The molecule has 1 aromatic heterocycles. The summed E-state index contributed by atoms with van der Waals surface area (Å²) in [5.41, 5.74) is 5.76. The molecule has 1 aliphatic heterocycles. The largest absolute Gasteiger partial charge is 0.385 e. The molecule has 4 N–H and O–H groups in total. The van der Waals surface area contributed by atoms with Gasteiger partial charge >= 0.3 is 0 Å². The van der Waals surface area contributed by atoms with Crippen LogP contribution in [-0.2, 0) is 9.53 Å². The van der Waals surface area contributed by atoms with Crippen LogP contribution in [0.15, 0.2) is 6.20 Å². The molecule has 2 amide bonds. The second kappa shape index (κ2) is 9.87. The van der Waals surface area contributed by atoms with E-state index < -0.39 is 5.91 Å². The Labute approximate surface area is 171 Å². The van der Waals surface area contributed by atoms with Crippen molar-refractivity contribution in [3.63, 3.8) is 0 Å². The Balaban J connectivity index is 1.61. The van der Waals surface area contributed by atoms with Gasteiger partial charge in [-0.1, -0.05) is 0 Å². The Hall–Kier alpha value is -2.42. The highest BCUT2D eigenvalue weighted by Crippen LogP contribution is 2.28. The van der Waals surface area contributed by atoms with Crippen LogP contribution in [-0.4, -0.2) is 65.6 Å². The summed E-state index contributed by atoms with van der Waals surface area (Å²) in [5.74, 6) is 1.13. The summed E-state index contributed by atoms with van der Waals surface area (Å²) in [4.78, 5) is 34.0. The first-order chi connectivity index (χ1) is 14.0. The molecular formula is C20H32N6O3. The molecule has 9 heteroatoms. The first-order valence-corrected chi connectivity index (χ1v) is 10.4. The molecule has 1 aliphatic carbocycles. The lowest BCUT2D eigenvalue weighted by Crippen LogP contribution is -2.31. The standard InChI is InChI=1S/C20H32N6O3/c1-13(27)26-9-7-16(12-26)23-19-17(18(21)28)11-22-20(25-19)24-15-5-3-14(4-6-15)8-10-29-2/h11,14-16H,3-10,12H2,1-2H3,(H2,21,28)(H2,22,23,24,25)/t14-,15-,16-/m0/s1. The van der Waals surface area contributed by atoms with E-state index in [2.05, 4.69) is 20.6 Å². The van der Waals surface area contributed by atoms with Crippen LogP contribution in [0.2, 0.25) is 0 Å². The van der Waals surface area contributed by atoms with E-state index in [9.17, 15) is 9.59 Å². The molecule has 1 saturated heterocycles. The van der Waals surface area contributed by atoms with E-state index in [4.69, 9.17) is 10.5 Å². The number of hydrogen-bond acceptors (Lipinski definition) is 7. The normalized spacial score (nSPS) is 24.3. The average Bonchev–Trinajstić information content (AvgIpc) is 3.16. The van der Waals surface area contributed by atoms with E-state index in [0.717, 1.165) is 51.0 Å². The molecule has 2 heterocycles. The Bertz CT molecular complexity index is 720. The van der Waals surface area contributed by atoms with Crippen molar-refractivity contribution in [2.24, 2.45) is 11.7 Å². The van der Waals surface area contributed by atoms with Crippen molar-refractivity contribution in [1.82, 2.24) is 14.9 Å². The van der Waals surface area contributed by atoms with Gasteiger partial charge in [0.25, 0.3) is 5.91 Å². The number of primary amides is 1. The van der Waals surface area contributed by atoms with Crippen molar-refractivity contribution in [2.75, 3.05) is 37.4 Å². The lowest BCUT2D eigenvalue weighted by atomic mass is 9.84. The minimum Gasteiger partial charge on any atom is -0.385 e. The molecule has 1 aromatic rings. The number of carbonyl (C=O) groups is 2. The summed E-state index contributed by atoms with van der Waals surface area (Å²) in [6.07, 6.45) is 7.84. The number of amides is 2. The number of hydrogen-bond donors (Lipinski definition) is 3. The zero-order chi connectivity index (χ0) is 20.8. The molecule has 0 unspecified atom stereocenters. The van der Waals surface area contributed by atoms with Gasteiger partial charge < -0.3 is 26.0 Å². The number of ether oxygens (including phenoxy) is 1. The van der Waals surface area contributed by atoms with Crippen LogP contribution in [0, 0.1) is 5.92 Å². The topological polar surface area (TPSA) is 122 Å². The van der Waals surface area contributed by atoms with Crippen molar-refractivity contribution in [3.05, 3.63) is 11.8 Å². The maximum Gasteiger partial charge on any atom is 0.254 e. The monoisotopic (exact) mass is 404 g/mol. The van der Waals surface area contributed by atoms with Gasteiger partial charge in [-0.2, -0.15) is 4.98 Å². The molecule has 1 atom stereocenters. The molecule has 9 nitrogen and oxygen atoms in total. The van der Waals surface area contributed by atoms with Crippen molar-refractivity contribution >= 4 is 23.6 Å². The number of nitrogens with zero attached hydrogens (tertiary/aromatic N) is 3. The molecule has 0 spiro atoms. The third-order valence-corrected chi connectivity index (χ3v) is 5.94. The zero-order valence-corrected chi connectivity index (χ0v) is 17.3. The molecule has 0 aromatic carbocycles. The van der Waals surface area contributed by atoms with Gasteiger partial charge in [0, 0.05) is 52.0 Å². The first-order valence-electron chi connectivity index (χ1n) is 10.4. The molecule has 2 aliphatic rings. The van der Waals surface area contributed by atoms with Crippen LogP contribution in [0.1, 0.15) is 55.8 Å². The SMILES string of the molecule is COCC[C@H]1CC[C@H](Nc2ncc(C(N)=O)c(N[C@H]3CCN(C(C)=O)C3)n2)CC1. The van der Waals surface area contributed by atoms with Gasteiger partial charge in [-0.15, -0.1) is 0 Å². The van der Waals surface area contributed by atoms with Crippen molar-refractivity contribution in [3.8, 4) is 0 Å². The second-order valence-corrected chi connectivity index (χ2v) is 8.06. The van der Waals surface area contributed by atoms with Crippen LogP contribution in [0.4, 0.5) is 11.8 Å². The smallest absolute Gasteiger partial charge is 0.254 e. The minimum atomic E-state index is -0.570. The summed E-state index contributed by atoms with van der Waals surface area (Å²) in [6.45, 7) is 3.67. The summed E-state index contributed by atoms with van der Waals surface area (Å²) in [7, 11) is 1.75. The Morgan fingerprint density at radius 1 is 1.21 bits per heavy atom. The van der Waals surface area contributed by atoms with Gasteiger partial charge in [0.2, 0.25) is 11.9 Å². The fourth-order valence-corrected chi connectivity index (χ4v) is 4.16. The highest BCUT2D eigenvalue weighted by atomic mass is 16.5. The fraction of sp³-hybridized carbons (Fsp3) is 0.700. The molecule has 3 rings (SSSR count). The molecule has 0 radical (unpaired) electrons. The highest BCUT2D eigenvalue weighted by molar-refractivity contribution is 5.97. The number of nitrogens with two attached hydrogens (primary N) is 1. The summed E-state index contributed by atoms with van der Waals surface area (Å²) in [6, 6.07) is 0.358. The Morgan fingerprint density at radius 2 is 1.97 bits per heavy atom. The molecular weight excluding hydrogens is 372 g/mol. The first kappa shape index (κ1) is 21.3. The van der Waals surface area contributed by atoms with Gasteiger partial charge in [-0.25, -0.2) is 4.98 Å². The molecule has 29 heavy (non-hydrogen) atoms. The average molecular weight is 405 g/mol. The number of anilines is 2. The second-order valence-electron chi connectivity index (χ2n) is 8.06. The molecule has 160 valence electrons. The van der Waals surface area contributed by atoms with Crippen molar-refractivity contribution in [2.45, 2.75) is 57.5 Å². The van der Waals surface area contributed by atoms with Gasteiger partial charge in [0.05, 0.1) is 5.56 Å². The van der Waals surface area contributed by atoms with Gasteiger partial charge in [0.15, 0.2) is 0 Å². The van der Waals surface area contributed by atoms with Crippen LogP contribution in [0.5, 0.6) is 0 Å². The van der Waals surface area contributed by atoms with Crippen molar-refractivity contribution < 1.29 is 14.3 Å². The lowest BCUT2D eigenvalue weighted by Gasteiger charge is -2.29.